The molecule has 2 N–H and O–H groups in total. The highest BCUT2D eigenvalue weighted by Gasteiger charge is 2.21. The van der Waals surface area contributed by atoms with Gasteiger partial charge in [-0.3, -0.25) is 4.79 Å². The molecule has 1 aromatic carbocycles. The number of rotatable bonds is 3. The molecule has 0 aliphatic carbocycles. The van der Waals surface area contributed by atoms with Crippen LogP contribution >= 0.6 is 0 Å². The lowest BCUT2D eigenvalue weighted by Gasteiger charge is -2.22. The Labute approximate surface area is 120 Å². The molecule has 4 heteroatoms. The van der Waals surface area contributed by atoms with Crippen LogP contribution in [0.25, 0.3) is 0 Å². The van der Waals surface area contributed by atoms with Gasteiger partial charge in [0.05, 0.1) is 17.5 Å². The summed E-state index contributed by atoms with van der Waals surface area (Å²) in [6, 6.07) is 9.69. The first-order valence-electron chi connectivity index (χ1n) is 7.09. The molecule has 1 aromatic rings. The van der Waals surface area contributed by atoms with Crippen LogP contribution in [0.1, 0.15) is 38.7 Å². The van der Waals surface area contributed by atoms with Crippen molar-refractivity contribution in [3.8, 4) is 6.07 Å². The summed E-state index contributed by atoms with van der Waals surface area (Å²) in [5, 5.41) is 15.3. The first kappa shape index (κ1) is 14.5. The summed E-state index contributed by atoms with van der Waals surface area (Å²) >= 11 is 0. The topological polar surface area (TPSA) is 64.9 Å². The Morgan fingerprint density at radius 1 is 1.35 bits per heavy atom. The van der Waals surface area contributed by atoms with Gasteiger partial charge < -0.3 is 10.6 Å². The van der Waals surface area contributed by atoms with E-state index < -0.39 is 5.41 Å². The van der Waals surface area contributed by atoms with E-state index in [9.17, 15) is 4.79 Å². The minimum absolute atomic E-state index is 0.0250. The smallest absolute Gasteiger partial charge is 0.241 e. The van der Waals surface area contributed by atoms with Gasteiger partial charge in [-0.25, -0.2) is 0 Å². The third kappa shape index (κ3) is 3.37. The van der Waals surface area contributed by atoms with Gasteiger partial charge in [-0.1, -0.05) is 18.6 Å². The van der Waals surface area contributed by atoms with Crippen molar-refractivity contribution >= 4 is 11.6 Å². The third-order valence-electron chi connectivity index (χ3n) is 3.78. The van der Waals surface area contributed by atoms with E-state index in [1.807, 2.05) is 38.1 Å². The summed E-state index contributed by atoms with van der Waals surface area (Å²) in [4.78, 5) is 12.1. The van der Waals surface area contributed by atoms with Gasteiger partial charge in [0.25, 0.3) is 0 Å². The summed E-state index contributed by atoms with van der Waals surface area (Å²) in [6.45, 7) is 4.67. The number of anilines is 1. The lowest BCUT2D eigenvalue weighted by atomic mass is 9.86. The monoisotopic (exact) mass is 271 g/mol. The van der Waals surface area contributed by atoms with E-state index in [-0.39, 0.29) is 11.9 Å². The highest BCUT2D eigenvalue weighted by Crippen LogP contribution is 2.23. The number of nitrogens with one attached hydrogen (secondary N) is 2. The Kier molecular flexibility index (Phi) is 4.41. The number of nitrogens with zero attached hydrogens (tertiary/aromatic N) is 1. The highest BCUT2D eigenvalue weighted by atomic mass is 16.2. The van der Waals surface area contributed by atoms with E-state index in [0.717, 1.165) is 37.1 Å². The van der Waals surface area contributed by atoms with E-state index in [0.29, 0.717) is 0 Å². The van der Waals surface area contributed by atoms with Gasteiger partial charge in [-0.05, 0) is 50.9 Å². The average molecular weight is 271 g/mol. The molecule has 106 valence electrons. The molecule has 1 amide bonds. The second kappa shape index (κ2) is 6.06. The van der Waals surface area contributed by atoms with Crippen LogP contribution in [0.5, 0.6) is 0 Å². The van der Waals surface area contributed by atoms with E-state index in [1.165, 1.54) is 0 Å². The number of piperidine rings is 1. The summed E-state index contributed by atoms with van der Waals surface area (Å²) in [5.41, 5.74) is 1.22. The maximum atomic E-state index is 12.1. The van der Waals surface area contributed by atoms with E-state index in [1.54, 1.807) is 0 Å². The van der Waals surface area contributed by atoms with E-state index in [4.69, 9.17) is 5.26 Å². The van der Waals surface area contributed by atoms with Gasteiger partial charge in [-0.2, -0.15) is 5.26 Å². The fourth-order valence-corrected chi connectivity index (χ4v) is 2.34. The van der Waals surface area contributed by atoms with Gasteiger partial charge in [0, 0.05) is 5.69 Å². The van der Waals surface area contributed by atoms with Gasteiger partial charge >= 0.3 is 0 Å². The second-order valence-corrected chi connectivity index (χ2v) is 5.81. The Bertz CT molecular complexity index is 508. The fraction of sp³-hybridized carbons (Fsp3) is 0.500. The predicted octanol–water partition coefficient (Wildman–Crippen LogP) is 2.57. The second-order valence-electron chi connectivity index (χ2n) is 5.81. The van der Waals surface area contributed by atoms with Crippen LogP contribution in [0, 0.1) is 11.3 Å². The van der Waals surface area contributed by atoms with Gasteiger partial charge in [0.15, 0.2) is 0 Å². The lowest BCUT2D eigenvalue weighted by molar-refractivity contribution is -0.118. The SMILES string of the molecule is CC(C)(C#N)c1ccc(NC(=O)C2CCCCN2)cc1. The van der Waals surface area contributed by atoms with Crippen LogP contribution in [0.2, 0.25) is 0 Å². The summed E-state index contributed by atoms with van der Waals surface area (Å²) < 4.78 is 0. The quantitative estimate of drug-likeness (QED) is 0.888. The van der Waals surface area contributed by atoms with Crippen molar-refractivity contribution in [1.29, 1.82) is 5.26 Å². The van der Waals surface area contributed by atoms with Gasteiger partial charge in [-0.15, -0.1) is 0 Å². The zero-order chi connectivity index (χ0) is 14.6. The van der Waals surface area contributed by atoms with Crippen LogP contribution in [-0.4, -0.2) is 18.5 Å². The maximum absolute atomic E-state index is 12.1. The number of amides is 1. The van der Waals surface area contributed by atoms with Crippen LogP contribution < -0.4 is 10.6 Å². The molecule has 1 aliphatic heterocycles. The molecule has 1 aliphatic rings. The van der Waals surface area contributed by atoms with Gasteiger partial charge in [0.2, 0.25) is 5.91 Å². The van der Waals surface area contributed by atoms with Crippen molar-refractivity contribution in [2.24, 2.45) is 0 Å². The van der Waals surface area contributed by atoms with Crippen molar-refractivity contribution in [2.75, 3.05) is 11.9 Å². The molecule has 0 saturated carbocycles. The van der Waals surface area contributed by atoms with Crippen molar-refractivity contribution in [2.45, 2.75) is 44.6 Å². The van der Waals surface area contributed by atoms with Gasteiger partial charge in [0.1, 0.15) is 0 Å². The Hall–Kier alpha value is -1.86. The van der Waals surface area contributed by atoms with Crippen molar-refractivity contribution < 1.29 is 4.79 Å². The van der Waals surface area contributed by atoms with Crippen molar-refractivity contribution in [3.63, 3.8) is 0 Å². The first-order chi connectivity index (χ1) is 9.53. The largest absolute Gasteiger partial charge is 0.325 e. The molecule has 2 rings (SSSR count). The molecule has 1 saturated heterocycles. The molecular formula is C16H21N3O. The molecule has 20 heavy (non-hydrogen) atoms. The van der Waals surface area contributed by atoms with E-state index in [2.05, 4.69) is 16.7 Å². The molecule has 0 aromatic heterocycles. The predicted molar refractivity (Wildman–Crippen MR) is 79.4 cm³/mol. The highest BCUT2D eigenvalue weighted by molar-refractivity contribution is 5.94. The average Bonchev–Trinajstić information content (AvgIpc) is 2.48. The molecule has 0 spiro atoms. The van der Waals surface area contributed by atoms with Crippen LogP contribution in [0.3, 0.4) is 0 Å². The summed E-state index contributed by atoms with van der Waals surface area (Å²) in [7, 11) is 0. The molecule has 1 unspecified atom stereocenters. The van der Waals surface area contributed by atoms with Crippen LogP contribution in [-0.2, 0) is 10.2 Å². The van der Waals surface area contributed by atoms with E-state index >= 15 is 0 Å². The standard InChI is InChI=1S/C16H21N3O/c1-16(2,11-17)12-6-8-13(9-7-12)19-15(20)14-5-3-4-10-18-14/h6-9,14,18H,3-5,10H2,1-2H3,(H,19,20). The lowest BCUT2D eigenvalue weighted by Crippen LogP contribution is -2.43. The zero-order valence-corrected chi connectivity index (χ0v) is 12.1. The molecule has 0 bridgehead atoms. The molecule has 1 heterocycles. The zero-order valence-electron chi connectivity index (χ0n) is 12.1. The molecular weight excluding hydrogens is 250 g/mol. The Morgan fingerprint density at radius 2 is 2.05 bits per heavy atom. The first-order valence-corrected chi connectivity index (χ1v) is 7.09. The minimum atomic E-state index is -0.506. The molecule has 0 radical (unpaired) electrons. The van der Waals surface area contributed by atoms with Crippen LogP contribution in [0.15, 0.2) is 24.3 Å². The fourth-order valence-electron chi connectivity index (χ4n) is 2.34. The van der Waals surface area contributed by atoms with Crippen LogP contribution in [0.4, 0.5) is 5.69 Å². The third-order valence-corrected chi connectivity index (χ3v) is 3.78. The summed E-state index contributed by atoms with van der Waals surface area (Å²) in [6.07, 6.45) is 3.13. The number of carbonyl (C=O) groups excluding carboxylic acids is 1. The number of carbonyl (C=O) groups is 1. The van der Waals surface area contributed by atoms with Crippen molar-refractivity contribution in [3.05, 3.63) is 29.8 Å². The minimum Gasteiger partial charge on any atom is -0.325 e. The Morgan fingerprint density at radius 3 is 2.60 bits per heavy atom. The molecule has 1 atom stereocenters. The number of benzene rings is 1. The molecule has 1 fully saturated rings. The number of nitriles is 1. The number of hydrogen-bond donors (Lipinski definition) is 2. The Balaban J connectivity index is 2.00. The number of hydrogen-bond acceptors (Lipinski definition) is 3. The van der Waals surface area contributed by atoms with Crippen molar-refractivity contribution in [1.82, 2.24) is 5.32 Å². The molecule has 4 nitrogen and oxygen atoms in total. The summed E-state index contributed by atoms with van der Waals surface area (Å²) in [5.74, 6) is 0.0250. The normalized spacial score (nSPS) is 19.1. The maximum Gasteiger partial charge on any atom is 0.241 e.